The number of esters is 1. The monoisotopic (exact) mass is 382 g/mol. The Balaban J connectivity index is 1.89. The first kappa shape index (κ1) is 21.4. The summed E-state index contributed by atoms with van der Waals surface area (Å²) in [4.78, 5) is 35.7. The zero-order chi connectivity index (χ0) is 20.9. The van der Waals surface area contributed by atoms with Crippen molar-refractivity contribution < 1.29 is 23.9 Å². The molecule has 0 aliphatic carbocycles. The first-order chi connectivity index (χ1) is 13.1. The van der Waals surface area contributed by atoms with Gasteiger partial charge in [0.1, 0.15) is 5.75 Å². The third-order valence-corrected chi connectivity index (χ3v) is 4.33. The maximum Gasteiger partial charge on any atom is 0.344 e. The first-order valence-corrected chi connectivity index (χ1v) is 9.16. The average molecular weight is 382 g/mol. The summed E-state index contributed by atoms with van der Waals surface area (Å²) in [5.74, 6) is -0.505. The molecule has 5 nitrogen and oxygen atoms in total. The number of rotatable bonds is 7. The molecule has 0 radical (unpaired) electrons. The van der Waals surface area contributed by atoms with E-state index in [0.717, 1.165) is 5.56 Å². The van der Waals surface area contributed by atoms with Crippen LogP contribution in [0.25, 0.3) is 0 Å². The van der Waals surface area contributed by atoms with E-state index in [4.69, 9.17) is 9.47 Å². The lowest BCUT2D eigenvalue weighted by Crippen LogP contribution is -2.27. The highest BCUT2D eigenvalue weighted by atomic mass is 16.6. The Morgan fingerprint density at radius 1 is 0.893 bits per heavy atom. The molecule has 2 rings (SSSR count). The van der Waals surface area contributed by atoms with Gasteiger partial charge in [0.05, 0.1) is 0 Å². The van der Waals surface area contributed by atoms with Gasteiger partial charge in [-0.1, -0.05) is 45.0 Å². The molecule has 2 aromatic rings. The van der Waals surface area contributed by atoms with Gasteiger partial charge in [0.2, 0.25) is 5.78 Å². The number of hydrogen-bond donors (Lipinski definition) is 0. The van der Waals surface area contributed by atoms with Gasteiger partial charge in [-0.2, -0.15) is 0 Å². The zero-order valence-corrected chi connectivity index (χ0v) is 16.9. The van der Waals surface area contributed by atoms with Crippen LogP contribution in [0.2, 0.25) is 0 Å². The van der Waals surface area contributed by atoms with E-state index in [-0.39, 0.29) is 23.6 Å². The van der Waals surface area contributed by atoms with Crippen molar-refractivity contribution >= 4 is 17.5 Å². The van der Waals surface area contributed by atoms with Gasteiger partial charge in [-0.15, -0.1) is 0 Å². The highest BCUT2D eigenvalue weighted by Crippen LogP contribution is 2.22. The van der Waals surface area contributed by atoms with Crippen LogP contribution in [0.3, 0.4) is 0 Å². The summed E-state index contributed by atoms with van der Waals surface area (Å²) < 4.78 is 10.5. The van der Waals surface area contributed by atoms with Crippen LogP contribution in [0.5, 0.6) is 5.75 Å². The van der Waals surface area contributed by atoms with Crippen molar-refractivity contribution in [3.05, 3.63) is 65.2 Å². The Bertz CT molecular complexity index is 842. The molecule has 0 N–H and O–H groups in total. The summed E-state index contributed by atoms with van der Waals surface area (Å²) in [5.41, 5.74) is 2.18. The number of Topliss-reactive ketones (excluding diaryl/α,β-unsaturated/α-hetero) is 2. The number of ketones is 2. The molecule has 2 aromatic carbocycles. The van der Waals surface area contributed by atoms with E-state index in [9.17, 15) is 14.4 Å². The van der Waals surface area contributed by atoms with Gasteiger partial charge in [0.25, 0.3) is 0 Å². The zero-order valence-electron chi connectivity index (χ0n) is 16.9. The van der Waals surface area contributed by atoms with Gasteiger partial charge in [-0.05, 0) is 49.1 Å². The highest BCUT2D eigenvalue weighted by Gasteiger charge is 2.21. The van der Waals surface area contributed by atoms with Crippen molar-refractivity contribution in [3.63, 3.8) is 0 Å². The van der Waals surface area contributed by atoms with Gasteiger partial charge in [0.15, 0.2) is 18.5 Å². The number of carbonyl (C=O) groups is 3. The number of benzene rings is 2. The number of hydrogen-bond acceptors (Lipinski definition) is 5. The molecule has 28 heavy (non-hydrogen) atoms. The van der Waals surface area contributed by atoms with Crippen LogP contribution < -0.4 is 4.74 Å². The summed E-state index contributed by atoms with van der Waals surface area (Å²) >= 11 is 0. The van der Waals surface area contributed by atoms with E-state index in [1.807, 2.05) is 12.1 Å². The largest absolute Gasteiger partial charge is 0.482 e. The molecule has 0 aliphatic rings. The molecule has 1 atom stereocenters. The van der Waals surface area contributed by atoms with Crippen LogP contribution in [0.4, 0.5) is 0 Å². The SMILES string of the molecule is CC(=O)c1ccc(OCC(=O)O[C@@H](C)C(=O)c2ccc(C(C)(C)C)cc2)cc1. The van der Waals surface area contributed by atoms with Gasteiger partial charge in [0, 0.05) is 11.1 Å². The van der Waals surface area contributed by atoms with Crippen LogP contribution >= 0.6 is 0 Å². The minimum atomic E-state index is -0.906. The maximum absolute atomic E-state index is 12.5. The summed E-state index contributed by atoms with van der Waals surface area (Å²) in [7, 11) is 0. The van der Waals surface area contributed by atoms with Gasteiger partial charge in [-0.25, -0.2) is 4.79 Å². The Hall–Kier alpha value is -2.95. The minimum Gasteiger partial charge on any atom is -0.482 e. The van der Waals surface area contributed by atoms with Crippen LogP contribution in [-0.2, 0) is 14.9 Å². The van der Waals surface area contributed by atoms with E-state index in [0.29, 0.717) is 16.9 Å². The van der Waals surface area contributed by atoms with E-state index >= 15 is 0 Å². The molecule has 0 heterocycles. The molecule has 0 saturated heterocycles. The summed E-state index contributed by atoms with van der Waals surface area (Å²) in [5, 5.41) is 0. The van der Waals surface area contributed by atoms with Crippen LogP contribution in [0.15, 0.2) is 48.5 Å². The van der Waals surface area contributed by atoms with Crippen molar-refractivity contribution in [2.24, 2.45) is 0 Å². The first-order valence-electron chi connectivity index (χ1n) is 9.16. The molecular formula is C23H26O5. The number of carbonyl (C=O) groups excluding carboxylic acids is 3. The molecule has 0 aromatic heterocycles. The fourth-order valence-electron chi connectivity index (χ4n) is 2.58. The van der Waals surface area contributed by atoms with Crippen LogP contribution in [0.1, 0.15) is 60.9 Å². The Labute approximate surface area is 165 Å². The molecule has 0 spiro atoms. The third kappa shape index (κ3) is 5.78. The lowest BCUT2D eigenvalue weighted by molar-refractivity contribution is -0.148. The summed E-state index contributed by atoms with van der Waals surface area (Å²) in [6.07, 6.45) is -0.906. The lowest BCUT2D eigenvalue weighted by atomic mass is 9.86. The second-order valence-electron chi connectivity index (χ2n) is 7.69. The van der Waals surface area contributed by atoms with Crippen LogP contribution in [0, 0.1) is 0 Å². The molecule has 0 aliphatic heterocycles. The minimum absolute atomic E-state index is 0.000379. The standard InChI is InChI=1S/C23H26O5/c1-15(24)17-8-12-20(13-9-17)27-14-21(25)28-16(2)22(26)18-6-10-19(11-7-18)23(3,4)5/h6-13,16H,14H2,1-5H3/t16-/m0/s1. The summed E-state index contributed by atoms with van der Waals surface area (Å²) in [6.45, 7) is 8.99. The van der Waals surface area contributed by atoms with Crippen LogP contribution in [-0.4, -0.2) is 30.2 Å². The average Bonchev–Trinajstić information content (AvgIpc) is 2.65. The third-order valence-electron chi connectivity index (χ3n) is 4.33. The van der Waals surface area contributed by atoms with Crippen molar-refractivity contribution in [2.75, 3.05) is 6.61 Å². The predicted octanol–water partition coefficient (Wildman–Crippen LogP) is 4.38. The molecule has 0 bridgehead atoms. The van der Waals surface area contributed by atoms with Crippen molar-refractivity contribution in [1.29, 1.82) is 0 Å². The molecule has 0 amide bonds. The second-order valence-corrected chi connectivity index (χ2v) is 7.69. The normalized spacial score (nSPS) is 12.2. The Morgan fingerprint density at radius 3 is 1.93 bits per heavy atom. The molecule has 5 heteroatoms. The van der Waals surface area contributed by atoms with Gasteiger partial charge in [-0.3, -0.25) is 9.59 Å². The molecule has 0 unspecified atom stereocenters. The van der Waals surface area contributed by atoms with E-state index in [1.165, 1.54) is 6.92 Å². The molecule has 0 fully saturated rings. The summed E-state index contributed by atoms with van der Waals surface area (Å²) in [6, 6.07) is 13.8. The topological polar surface area (TPSA) is 69.7 Å². The van der Waals surface area contributed by atoms with E-state index in [2.05, 4.69) is 20.8 Å². The Kier molecular flexibility index (Phi) is 6.73. The molecule has 148 valence electrons. The van der Waals surface area contributed by atoms with Crippen molar-refractivity contribution in [2.45, 2.75) is 46.1 Å². The van der Waals surface area contributed by atoms with Gasteiger partial charge >= 0.3 is 5.97 Å². The van der Waals surface area contributed by atoms with Crippen molar-refractivity contribution in [1.82, 2.24) is 0 Å². The quantitative estimate of drug-likeness (QED) is 0.525. The fraction of sp³-hybridized carbons (Fsp3) is 0.348. The highest BCUT2D eigenvalue weighted by molar-refractivity contribution is 6.00. The van der Waals surface area contributed by atoms with Crippen molar-refractivity contribution in [3.8, 4) is 5.75 Å². The fourth-order valence-corrected chi connectivity index (χ4v) is 2.58. The lowest BCUT2D eigenvalue weighted by Gasteiger charge is -2.19. The second kappa shape index (κ2) is 8.83. The maximum atomic E-state index is 12.5. The smallest absolute Gasteiger partial charge is 0.344 e. The van der Waals surface area contributed by atoms with E-state index in [1.54, 1.807) is 43.3 Å². The number of ether oxygens (including phenoxy) is 2. The van der Waals surface area contributed by atoms with Gasteiger partial charge < -0.3 is 9.47 Å². The predicted molar refractivity (Wildman–Crippen MR) is 107 cm³/mol. The van der Waals surface area contributed by atoms with E-state index < -0.39 is 12.1 Å². The molecular weight excluding hydrogens is 356 g/mol. The Morgan fingerprint density at radius 2 is 1.43 bits per heavy atom. The molecule has 0 saturated carbocycles.